The lowest BCUT2D eigenvalue weighted by atomic mass is 9.87. The molecule has 1 atom stereocenters. The van der Waals surface area contributed by atoms with Crippen LogP contribution in [0.15, 0.2) is 29.3 Å². The van der Waals surface area contributed by atoms with Crippen LogP contribution in [0.4, 0.5) is 5.69 Å². The third kappa shape index (κ3) is 8.71. The fraction of sp³-hybridized carbons (Fsp3) is 0.720. The fourth-order valence-corrected chi connectivity index (χ4v) is 4.19. The lowest BCUT2D eigenvalue weighted by Crippen LogP contribution is -2.49. The highest BCUT2D eigenvalue weighted by molar-refractivity contribution is 14.0. The van der Waals surface area contributed by atoms with Crippen molar-refractivity contribution < 1.29 is 9.47 Å². The first-order valence-electron chi connectivity index (χ1n) is 11.9. The third-order valence-corrected chi connectivity index (χ3v) is 6.29. The molecule has 0 saturated carbocycles. The summed E-state index contributed by atoms with van der Waals surface area (Å²) in [6.45, 7) is 13.2. The summed E-state index contributed by atoms with van der Waals surface area (Å²) in [6, 6.07) is 9.57. The van der Waals surface area contributed by atoms with Gasteiger partial charge in [-0.25, -0.2) is 0 Å². The van der Waals surface area contributed by atoms with Gasteiger partial charge < -0.3 is 25.0 Å². The molecule has 1 unspecified atom stereocenters. The largest absolute Gasteiger partial charge is 0.381 e. The summed E-state index contributed by atoms with van der Waals surface area (Å²) in [4.78, 5) is 6.89. The molecule has 2 saturated heterocycles. The van der Waals surface area contributed by atoms with Crippen molar-refractivity contribution in [3.05, 3.63) is 29.8 Å². The van der Waals surface area contributed by atoms with E-state index in [1.165, 1.54) is 11.3 Å². The number of hydrogen-bond acceptors (Lipinski definition) is 4. The van der Waals surface area contributed by atoms with E-state index in [0.29, 0.717) is 12.0 Å². The van der Waals surface area contributed by atoms with E-state index in [2.05, 4.69) is 65.6 Å². The molecule has 182 valence electrons. The number of aliphatic imine (C=N–C) groups is 1. The van der Waals surface area contributed by atoms with Crippen molar-refractivity contribution in [2.24, 2.45) is 10.9 Å². The minimum Gasteiger partial charge on any atom is -0.381 e. The summed E-state index contributed by atoms with van der Waals surface area (Å²) >= 11 is 0. The van der Waals surface area contributed by atoms with Gasteiger partial charge in [0.15, 0.2) is 5.96 Å². The number of benzene rings is 1. The highest BCUT2D eigenvalue weighted by atomic mass is 127. The highest BCUT2D eigenvalue weighted by Gasteiger charge is 2.21. The van der Waals surface area contributed by atoms with Gasteiger partial charge in [-0.3, -0.25) is 4.99 Å². The molecule has 3 rings (SSSR count). The van der Waals surface area contributed by atoms with Crippen molar-refractivity contribution in [3.8, 4) is 0 Å². The Bertz CT molecular complexity index is 676. The van der Waals surface area contributed by atoms with Gasteiger partial charge in [-0.15, -0.1) is 24.0 Å². The van der Waals surface area contributed by atoms with E-state index in [0.717, 1.165) is 77.7 Å². The normalized spacial score (nSPS) is 20.2. The zero-order valence-corrected chi connectivity index (χ0v) is 22.7. The first-order valence-corrected chi connectivity index (χ1v) is 11.9. The number of rotatable bonds is 8. The van der Waals surface area contributed by atoms with Gasteiger partial charge >= 0.3 is 0 Å². The minimum atomic E-state index is 0. The fourth-order valence-electron chi connectivity index (χ4n) is 4.19. The molecule has 2 heterocycles. The van der Waals surface area contributed by atoms with Gasteiger partial charge in [0.25, 0.3) is 0 Å². The number of halogens is 1. The zero-order valence-electron chi connectivity index (χ0n) is 20.4. The zero-order chi connectivity index (χ0) is 22.1. The number of nitrogens with zero attached hydrogens (tertiary/aromatic N) is 2. The van der Waals surface area contributed by atoms with Crippen LogP contribution in [0.25, 0.3) is 0 Å². The molecule has 0 aliphatic carbocycles. The number of hydrogen-bond donors (Lipinski definition) is 2. The molecule has 2 fully saturated rings. The van der Waals surface area contributed by atoms with Gasteiger partial charge in [0.1, 0.15) is 0 Å². The predicted octanol–water partition coefficient (Wildman–Crippen LogP) is 4.18. The second-order valence-electron chi connectivity index (χ2n) is 9.86. The van der Waals surface area contributed by atoms with Crippen molar-refractivity contribution in [3.63, 3.8) is 0 Å². The molecule has 6 nitrogen and oxygen atoms in total. The molecule has 2 aliphatic rings. The Morgan fingerprint density at radius 1 is 1.16 bits per heavy atom. The van der Waals surface area contributed by atoms with E-state index in [-0.39, 0.29) is 29.4 Å². The highest BCUT2D eigenvalue weighted by Crippen LogP contribution is 2.26. The molecule has 7 heteroatoms. The summed E-state index contributed by atoms with van der Waals surface area (Å²) in [5.74, 6) is 1.49. The Morgan fingerprint density at radius 2 is 1.88 bits per heavy atom. The van der Waals surface area contributed by atoms with Crippen molar-refractivity contribution in [2.75, 3.05) is 58.0 Å². The van der Waals surface area contributed by atoms with Crippen LogP contribution in [0.2, 0.25) is 0 Å². The van der Waals surface area contributed by atoms with E-state index in [1.807, 2.05) is 7.05 Å². The summed E-state index contributed by atoms with van der Waals surface area (Å²) in [5.41, 5.74) is 2.92. The van der Waals surface area contributed by atoms with Crippen molar-refractivity contribution in [1.82, 2.24) is 10.6 Å². The molecule has 0 radical (unpaired) electrons. The van der Waals surface area contributed by atoms with Crippen LogP contribution in [-0.2, 0) is 14.9 Å². The average Bonchev–Trinajstić information content (AvgIpc) is 3.29. The molecule has 32 heavy (non-hydrogen) atoms. The van der Waals surface area contributed by atoms with Crippen LogP contribution in [0.3, 0.4) is 0 Å². The molecule has 1 aromatic rings. The van der Waals surface area contributed by atoms with Crippen LogP contribution in [0, 0.1) is 5.92 Å². The van der Waals surface area contributed by atoms with Crippen molar-refractivity contribution >= 4 is 35.6 Å². The molecule has 0 bridgehead atoms. The minimum absolute atomic E-state index is 0. The van der Waals surface area contributed by atoms with E-state index in [9.17, 15) is 0 Å². The van der Waals surface area contributed by atoms with E-state index >= 15 is 0 Å². The topological polar surface area (TPSA) is 58.1 Å². The van der Waals surface area contributed by atoms with Crippen LogP contribution in [0.5, 0.6) is 0 Å². The van der Waals surface area contributed by atoms with Gasteiger partial charge in [-0.2, -0.15) is 0 Å². The molecule has 1 aromatic carbocycles. The van der Waals surface area contributed by atoms with Crippen LogP contribution < -0.4 is 15.5 Å². The third-order valence-electron chi connectivity index (χ3n) is 6.29. The summed E-state index contributed by atoms with van der Waals surface area (Å²) < 4.78 is 11.2. The smallest absolute Gasteiger partial charge is 0.191 e. The van der Waals surface area contributed by atoms with E-state index < -0.39 is 0 Å². The molecule has 0 amide bonds. The quantitative estimate of drug-likeness (QED) is 0.217. The van der Waals surface area contributed by atoms with Gasteiger partial charge in [0.2, 0.25) is 0 Å². The number of piperidine rings is 1. The Hall–Kier alpha value is -1.06. The molecule has 2 aliphatic heterocycles. The molecule has 0 spiro atoms. The second-order valence-corrected chi connectivity index (χ2v) is 9.86. The monoisotopic (exact) mass is 558 g/mol. The molecule has 2 N–H and O–H groups in total. The van der Waals surface area contributed by atoms with E-state index in [4.69, 9.17) is 9.47 Å². The Morgan fingerprint density at radius 3 is 2.47 bits per heavy atom. The molecular formula is C25H43IN4O2. The number of nitrogens with one attached hydrogen (secondary N) is 2. The lowest BCUT2D eigenvalue weighted by Gasteiger charge is -2.35. The first-order chi connectivity index (χ1) is 15.0. The SMILES string of the molecule is CN=C(NCCCOCC1CCOC1)NC1CCN(c2ccc(C(C)(C)C)cc2)CC1.I. The van der Waals surface area contributed by atoms with Gasteiger partial charge in [0, 0.05) is 57.5 Å². The van der Waals surface area contributed by atoms with Crippen LogP contribution in [-0.4, -0.2) is 65.1 Å². The van der Waals surface area contributed by atoms with Crippen LogP contribution in [0.1, 0.15) is 52.0 Å². The summed E-state index contributed by atoms with van der Waals surface area (Å²) in [7, 11) is 1.85. The maximum atomic E-state index is 5.78. The maximum absolute atomic E-state index is 5.78. The number of ether oxygens (including phenoxy) is 2. The average molecular weight is 559 g/mol. The Kier molecular flexibility index (Phi) is 11.6. The number of anilines is 1. The summed E-state index contributed by atoms with van der Waals surface area (Å²) in [6.07, 6.45) is 4.36. The lowest BCUT2D eigenvalue weighted by molar-refractivity contribution is 0.0888. The van der Waals surface area contributed by atoms with E-state index in [1.54, 1.807) is 0 Å². The first kappa shape index (κ1) is 27.2. The van der Waals surface area contributed by atoms with Crippen molar-refractivity contribution in [2.45, 2.75) is 57.9 Å². The predicted molar refractivity (Wildman–Crippen MR) is 145 cm³/mol. The van der Waals surface area contributed by atoms with Crippen molar-refractivity contribution in [1.29, 1.82) is 0 Å². The molecule has 0 aromatic heterocycles. The van der Waals surface area contributed by atoms with Gasteiger partial charge in [-0.1, -0.05) is 32.9 Å². The van der Waals surface area contributed by atoms with Gasteiger partial charge in [0.05, 0.1) is 13.2 Å². The maximum Gasteiger partial charge on any atom is 0.191 e. The standard InChI is InChI=1S/C25H42N4O2.HI/c1-25(2,3)21-6-8-23(9-7-21)29-14-10-22(11-15-29)28-24(26-4)27-13-5-16-30-18-20-12-17-31-19-20;/h6-9,20,22H,5,10-19H2,1-4H3,(H2,26,27,28);1H. The Labute approximate surface area is 211 Å². The number of guanidine groups is 1. The Balaban J connectivity index is 0.00000363. The summed E-state index contributed by atoms with van der Waals surface area (Å²) in [5, 5.41) is 7.03. The second kappa shape index (κ2) is 13.6. The molecular weight excluding hydrogens is 515 g/mol. The van der Waals surface area contributed by atoms with Crippen LogP contribution >= 0.6 is 24.0 Å². The van der Waals surface area contributed by atoms with Gasteiger partial charge in [-0.05, 0) is 48.8 Å².